The number of hydrogen-bond donors (Lipinski definition) is 1. The Hall–Kier alpha value is -1.96. The van der Waals surface area contributed by atoms with Crippen LogP contribution in [0, 0.1) is 5.92 Å². The molecule has 25 heavy (non-hydrogen) atoms. The normalized spacial score (nSPS) is 23.2. The minimum Gasteiger partial charge on any atom is -0.486 e. The maximum absolute atomic E-state index is 13.1. The van der Waals surface area contributed by atoms with Crippen LogP contribution in [0.2, 0.25) is 0 Å². The fourth-order valence-electron chi connectivity index (χ4n) is 3.30. The fourth-order valence-corrected chi connectivity index (χ4v) is 3.30. The Morgan fingerprint density at radius 3 is 2.40 bits per heavy atom. The molecule has 2 aliphatic rings. The van der Waals surface area contributed by atoms with Crippen LogP contribution in [-0.2, 0) is 4.74 Å². The number of alkyl halides is 3. The second-order valence-electron chi connectivity index (χ2n) is 6.92. The van der Waals surface area contributed by atoms with Crippen molar-refractivity contribution < 1.29 is 27.4 Å². The lowest BCUT2D eigenvalue weighted by Crippen LogP contribution is -2.51. The highest BCUT2D eigenvalue weighted by molar-refractivity contribution is 5.90. The first-order valence-electron chi connectivity index (χ1n) is 8.18. The van der Waals surface area contributed by atoms with Gasteiger partial charge >= 0.3 is 12.2 Å². The van der Waals surface area contributed by atoms with Crippen LogP contribution in [0.25, 0.3) is 0 Å². The van der Waals surface area contributed by atoms with Crippen LogP contribution < -0.4 is 10.1 Å². The highest BCUT2D eigenvalue weighted by Gasteiger charge is 2.56. The van der Waals surface area contributed by atoms with Gasteiger partial charge in [-0.15, -0.1) is 0 Å². The molecule has 2 heterocycles. The number of halogens is 3. The predicted molar refractivity (Wildman–Crippen MR) is 85.6 cm³/mol. The molecule has 0 unspecified atom stereocenters. The first kappa shape index (κ1) is 17.8. The number of likely N-dealkylation sites (tertiary alicyclic amines) is 1. The predicted octanol–water partition coefficient (Wildman–Crippen LogP) is 3.66. The van der Waals surface area contributed by atoms with Gasteiger partial charge in [-0.2, -0.15) is 13.2 Å². The molecule has 1 aromatic carbocycles. The van der Waals surface area contributed by atoms with Crippen molar-refractivity contribution in [1.82, 2.24) is 4.90 Å². The first-order chi connectivity index (χ1) is 11.7. The molecule has 0 radical (unpaired) electrons. The van der Waals surface area contributed by atoms with Gasteiger partial charge in [0.25, 0.3) is 0 Å². The lowest BCUT2D eigenvalue weighted by atomic mass is 9.88. The molecular weight excluding hydrogens is 337 g/mol. The number of rotatable bonds is 3. The summed E-state index contributed by atoms with van der Waals surface area (Å²) >= 11 is 0. The number of nitrogens with one attached hydrogen (secondary N) is 1. The average Bonchev–Trinajstić information content (AvgIpc) is 2.79. The molecule has 0 saturated carbocycles. The number of ether oxygens (including phenoxy) is 2. The summed E-state index contributed by atoms with van der Waals surface area (Å²) in [7, 11) is 0. The summed E-state index contributed by atoms with van der Waals surface area (Å²) in [5.74, 6) is -0.865. The quantitative estimate of drug-likeness (QED) is 0.897. The first-order valence-corrected chi connectivity index (χ1v) is 8.18. The zero-order valence-electron chi connectivity index (χ0n) is 14.1. The summed E-state index contributed by atoms with van der Waals surface area (Å²) < 4.78 is 50.0. The Labute approximate surface area is 144 Å². The van der Waals surface area contributed by atoms with Crippen LogP contribution in [0.4, 0.5) is 23.7 Å². The number of benzene rings is 1. The second kappa shape index (κ2) is 6.40. The van der Waals surface area contributed by atoms with Gasteiger partial charge in [0, 0.05) is 12.2 Å². The number of urea groups is 1. The zero-order chi connectivity index (χ0) is 18.2. The standard InChI is InChI=1S/C17H21F3N2O3/c1-16(2)14(17(18,19)20)7-8-22(16)15(23)21-11-3-5-12(6-4-11)25-13-9-24-10-13/h3-6,13-14H,7-10H2,1-2H3,(H,21,23)/t14-/m0/s1. The molecule has 0 aliphatic carbocycles. The Bertz CT molecular complexity index is 627. The maximum atomic E-state index is 13.1. The van der Waals surface area contributed by atoms with Crippen molar-refractivity contribution in [2.45, 2.75) is 38.1 Å². The zero-order valence-corrected chi connectivity index (χ0v) is 14.1. The molecule has 3 rings (SSSR count). The Morgan fingerprint density at radius 2 is 1.92 bits per heavy atom. The summed E-state index contributed by atoms with van der Waals surface area (Å²) in [5.41, 5.74) is -0.774. The van der Waals surface area contributed by atoms with Crippen LogP contribution in [-0.4, -0.2) is 48.5 Å². The van der Waals surface area contributed by atoms with Gasteiger partial charge < -0.3 is 19.7 Å². The number of amides is 2. The molecule has 5 nitrogen and oxygen atoms in total. The molecule has 2 saturated heterocycles. The number of anilines is 1. The summed E-state index contributed by atoms with van der Waals surface area (Å²) in [6, 6.07) is 6.22. The van der Waals surface area contributed by atoms with Crippen LogP contribution in [0.1, 0.15) is 20.3 Å². The van der Waals surface area contributed by atoms with E-state index in [1.165, 1.54) is 18.7 Å². The van der Waals surface area contributed by atoms with Gasteiger partial charge in [0.05, 0.1) is 24.7 Å². The molecule has 0 aromatic heterocycles. The molecule has 1 aromatic rings. The van der Waals surface area contributed by atoms with Gasteiger partial charge in [0.1, 0.15) is 11.9 Å². The van der Waals surface area contributed by atoms with E-state index in [1.54, 1.807) is 24.3 Å². The largest absolute Gasteiger partial charge is 0.486 e. The van der Waals surface area contributed by atoms with Crippen LogP contribution in [0.15, 0.2) is 24.3 Å². The monoisotopic (exact) mass is 358 g/mol. The highest BCUT2D eigenvalue weighted by Crippen LogP contribution is 2.44. The maximum Gasteiger partial charge on any atom is 0.394 e. The molecule has 0 spiro atoms. The van der Waals surface area contributed by atoms with E-state index in [4.69, 9.17) is 9.47 Å². The number of carbonyl (C=O) groups is 1. The van der Waals surface area contributed by atoms with Crippen LogP contribution in [0.5, 0.6) is 5.75 Å². The molecule has 2 amide bonds. The van der Waals surface area contributed by atoms with Crippen molar-refractivity contribution in [1.29, 1.82) is 0 Å². The average molecular weight is 358 g/mol. The van der Waals surface area contributed by atoms with Crippen molar-refractivity contribution in [3.63, 3.8) is 0 Å². The van der Waals surface area contributed by atoms with Gasteiger partial charge in [0.2, 0.25) is 0 Å². The van der Waals surface area contributed by atoms with Crippen LogP contribution >= 0.6 is 0 Å². The molecule has 0 bridgehead atoms. The van der Waals surface area contributed by atoms with E-state index in [2.05, 4.69) is 5.32 Å². The number of nitrogens with zero attached hydrogens (tertiary/aromatic N) is 1. The molecule has 138 valence electrons. The minimum absolute atomic E-state index is 0.0464. The van der Waals surface area contributed by atoms with Crippen molar-refractivity contribution >= 4 is 11.7 Å². The van der Waals surface area contributed by atoms with Crippen molar-refractivity contribution in [3.05, 3.63) is 24.3 Å². The molecular formula is C17H21F3N2O3. The lowest BCUT2D eigenvalue weighted by molar-refractivity contribution is -0.189. The fraction of sp³-hybridized carbons (Fsp3) is 0.588. The Kier molecular flexibility index (Phi) is 4.57. The highest BCUT2D eigenvalue weighted by atomic mass is 19.4. The Balaban J connectivity index is 1.62. The van der Waals surface area contributed by atoms with E-state index in [0.29, 0.717) is 24.7 Å². The summed E-state index contributed by atoms with van der Waals surface area (Å²) in [6.07, 6.45) is -4.35. The molecule has 1 atom stereocenters. The van der Waals surface area contributed by atoms with Gasteiger partial charge in [-0.25, -0.2) is 4.79 Å². The summed E-state index contributed by atoms with van der Waals surface area (Å²) in [5, 5.41) is 2.66. The third kappa shape index (κ3) is 3.68. The van der Waals surface area contributed by atoms with E-state index in [1.807, 2.05) is 0 Å². The van der Waals surface area contributed by atoms with Gasteiger partial charge in [-0.1, -0.05) is 0 Å². The smallest absolute Gasteiger partial charge is 0.394 e. The third-order valence-corrected chi connectivity index (χ3v) is 4.85. The molecule has 2 fully saturated rings. The second-order valence-corrected chi connectivity index (χ2v) is 6.92. The van der Waals surface area contributed by atoms with Crippen molar-refractivity contribution in [2.24, 2.45) is 5.92 Å². The Morgan fingerprint density at radius 1 is 1.28 bits per heavy atom. The molecule has 8 heteroatoms. The van der Waals surface area contributed by atoms with Crippen LogP contribution in [0.3, 0.4) is 0 Å². The topological polar surface area (TPSA) is 50.8 Å². The number of carbonyl (C=O) groups excluding carboxylic acids is 1. The SMILES string of the molecule is CC1(C)[C@@H](C(F)(F)F)CCN1C(=O)Nc1ccc(OC2COC2)cc1. The van der Waals surface area contributed by atoms with E-state index >= 15 is 0 Å². The lowest BCUT2D eigenvalue weighted by Gasteiger charge is -2.36. The van der Waals surface area contributed by atoms with E-state index in [-0.39, 0.29) is 19.1 Å². The minimum atomic E-state index is -4.32. The summed E-state index contributed by atoms with van der Waals surface area (Å²) in [4.78, 5) is 13.7. The number of hydrogen-bond acceptors (Lipinski definition) is 3. The summed E-state index contributed by atoms with van der Waals surface area (Å²) in [6.45, 7) is 4.10. The molecule has 1 N–H and O–H groups in total. The van der Waals surface area contributed by atoms with E-state index in [9.17, 15) is 18.0 Å². The van der Waals surface area contributed by atoms with E-state index < -0.39 is 23.7 Å². The van der Waals surface area contributed by atoms with Gasteiger partial charge in [-0.05, 0) is 44.5 Å². The van der Waals surface area contributed by atoms with Crippen molar-refractivity contribution in [2.75, 3.05) is 25.1 Å². The van der Waals surface area contributed by atoms with Gasteiger partial charge in [0.15, 0.2) is 0 Å². The van der Waals surface area contributed by atoms with E-state index in [0.717, 1.165) is 0 Å². The van der Waals surface area contributed by atoms with Gasteiger partial charge in [-0.3, -0.25) is 0 Å². The van der Waals surface area contributed by atoms with Crippen molar-refractivity contribution in [3.8, 4) is 5.75 Å². The third-order valence-electron chi connectivity index (χ3n) is 4.85. The molecule has 2 aliphatic heterocycles.